The van der Waals surface area contributed by atoms with E-state index in [1.165, 1.54) is 31.5 Å². The zero-order chi connectivity index (χ0) is 20.1. The van der Waals surface area contributed by atoms with Crippen LogP contribution in [0.2, 0.25) is 5.02 Å². The van der Waals surface area contributed by atoms with Crippen molar-refractivity contribution >= 4 is 40.5 Å². The average molecular weight is 400 g/mol. The molecule has 0 saturated heterocycles. The van der Waals surface area contributed by atoms with Crippen molar-refractivity contribution < 1.29 is 18.7 Å². The van der Waals surface area contributed by atoms with Gasteiger partial charge in [0.25, 0.3) is 5.91 Å². The summed E-state index contributed by atoms with van der Waals surface area (Å²) in [6, 6.07) is 13.8. The maximum atomic E-state index is 13.2. The van der Waals surface area contributed by atoms with E-state index >= 15 is 0 Å². The molecule has 1 aromatic heterocycles. The van der Waals surface area contributed by atoms with Crippen LogP contribution in [0.1, 0.15) is 20.8 Å². The van der Waals surface area contributed by atoms with E-state index in [0.717, 1.165) is 5.69 Å². The molecule has 0 atom stereocenters. The lowest BCUT2D eigenvalue weighted by molar-refractivity contribution is 0.0600. The molecule has 0 aliphatic rings. The molecular formula is C20H15ClFN3O3. The highest BCUT2D eigenvalue weighted by molar-refractivity contribution is 6.31. The van der Waals surface area contributed by atoms with E-state index in [0.29, 0.717) is 16.9 Å². The second-order valence-corrected chi connectivity index (χ2v) is 6.11. The molecule has 0 spiro atoms. The molecule has 0 bridgehead atoms. The van der Waals surface area contributed by atoms with Gasteiger partial charge in [-0.25, -0.2) is 9.18 Å². The van der Waals surface area contributed by atoms with Crippen molar-refractivity contribution in [1.29, 1.82) is 0 Å². The number of hydrogen-bond donors (Lipinski definition) is 2. The fourth-order valence-electron chi connectivity index (χ4n) is 2.38. The summed E-state index contributed by atoms with van der Waals surface area (Å²) in [5, 5.41) is 5.65. The highest BCUT2D eigenvalue weighted by Gasteiger charge is 2.10. The van der Waals surface area contributed by atoms with E-state index in [-0.39, 0.29) is 10.7 Å². The summed E-state index contributed by atoms with van der Waals surface area (Å²) in [4.78, 5) is 27.9. The fraction of sp³-hybridized carbons (Fsp3) is 0.0500. The second-order valence-electron chi connectivity index (χ2n) is 5.71. The molecule has 0 unspecified atom stereocenters. The van der Waals surface area contributed by atoms with Gasteiger partial charge in [-0.1, -0.05) is 11.6 Å². The van der Waals surface area contributed by atoms with Crippen LogP contribution < -0.4 is 10.6 Å². The minimum atomic E-state index is -0.567. The maximum Gasteiger partial charge on any atom is 0.337 e. The van der Waals surface area contributed by atoms with Gasteiger partial charge in [-0.15, -0.1) is 0 Å². The Morgan fingerprint density at radius 2 is 1.71 bits per heavy atom. The van der Waals surface area contributed by atoms with E-state index in [4.69, 9.17) is 11.6 Å². The van der Waals surface area contributed by atoms with E-state index in [9.17, 15) is 14.0 Å². The van der Waals surface area contributed by atoms with Crippen LogP contribution in [0.4, 0.5) is 21.5 Å². The Bertz CT molecular complexity index is 1030. The standard InChI is InChI=1S/C20H15ClFN3O3/c1-28-20(27)12-2-4-13(5-3-12)24-15-8-9-23-18(11-15)19(26)25-14-6-7-17(22)16(21)10-14/h2-11H,1H3,(H,23,24)(H,25,26). The molecule has 0 radical (unpaired) electrons. The number of pyridine rings is 1. The van der Waals surface area contributed by atoms with E-state index in [1.807, 2.05) is 0 Å². The van der Waals surface area contributed by atoms with Crippen molar-refractivity contribution in [3.8, 4) is 0 Å². The molecule has 2 aromatic carbocycles. The zero-order valence-electron chi connectivity index (χ0n) is 14.7. The quantitative estimate of drug-likeness (QED) is 0.610. The lowest BCUT2D eigenvalue weighted by Gasteiger charge is -2.09. The molecule has 0 aliphatic heterocycles. The van der Waals surface area contributed by atoms with Crippen molar-refractivity contribution in [2.24, 2.45) is 0 Å². The largest absolute Gasteiger partial charge is 0.465 e. The monoisotopic (exact) mass is 399 g/mol. The van der Waals surface area contributed by atoms with Crippen LogP contribution in [0.3, 0.4) is 0 Å². The summed E-state index contributed by atoms with van der Waals surface area (Å²) in [5.41, 5.74) is 2.30. The van der Waals surface area contributed by atoms with E-state index in [1.54, 1.807) is 36.4 Å². The van der Waals surface area contributed by atoms with E-state index in [2.05, 4.69) is 20.4 Å². The lowest BCUT2D eigenvalue weighted by atomic mass is 10.2. The number of aromatic nitrogens is 1. The molecule has 6 nitrogen and oxygen atoms in total. The molecule has 3 rings (SSSR count). The Kier molecular flexibility index (Phi) is 5.86. The topological polar surface area (TPSA) is 80.3 Å². The number of rotatable bonds is 5. The number of amides is 1. The van der Waals surface area contributed by atoms with Crippen LogP contribution in [0.25, 0.3) is 0 Å². The Balaban J connectivity index is 1.71. The van der Waals surface area contributed by atoms with Crippen LogP contribution in [0.15, 0.2) is 60.8 Å². The number of nitrogens with one attached hydrogen (secondary N) is 2. The van der Waals surface area contributed by atoms with Gasteiger partial charge in [-0.05, 0) is 54.6 Å². The van der Waals surface area contributed by atoms with Crippen LogP contribution in [0, 0.1) is 5.82 Å². The average Bonchev–Trinajstić information content (AvgIpc) is 2.71. The van der Waals surface area contributed by atoms with Crippen LogP contribution in [0.5, 0.6) is 0 Å². The number of benzene rings is 2. The third-order valence-corrected chi connectivity index (χ3v) is 4.05. The number of carbonyl (C=O) groups excluding carboxylic acids is 2. The number of hydrogen-bond acceptors (Lipinski definition) is 5. The number of anilines is 3. The van der Waals surface area contributed by atoms with Gasteiger partial charge >= 0.3 is 5.97 Å². The van der Waals surface area contributed by atoms with Crippen LogP contribution in [-0.2, 0) is 4.74 Å². The fourth-order valence-corrected chi connectivity index (χ4v) is 2.56. The minimum absolute atomic E-state index is 0.0865. The van der Waals surface area contributed by atoms with Gasteiger partial charge in [-0.2, -0.15) is 0 Å². The SMILES string of the molecule is COC(=O)c1ccc(Nc2ccnc(C(=O)Nc3ccc(F)c(Cl)c3)c2)cc1. The normalized spacial score (nSPS) is 10.2. The number of nitrogens with zero attached hydrogens (tertiary/aromatic N) is 1. The predicted molar refractivity (Wildman–Crippen MR) is 105 cm³/mol. The van der Waals surface area contributed by atoms with Crippen LogP contribution >= 0.6 is 11.6 Å². The third-order valence-electron chi connectivity index (χ3n) is 3.76. The summed E-state index contributed by atoms with van der Waals surface area (Å²) in [6.07, 6.45) is 1.48. The van der Waals surface area contributed by atoms with Gasteiger partial charge < -0.3 is 15.4 Å². The second kappa shape index (κ2) is 8.49. The smallest absolute Gasteiger partial charge is 0.337 e. The molecular weight excluding hydrogens is 385 g/mol. The van der Waals surface area contributed by atoms with Crippen molar-refractivity contribution in [1.82, 2.24) is 4.98 Å². The molecule has 3 aromatic rings. The Morgan fingerprint density at radius 1 is 1.00 bits per heavy atom. The molecule has 1 amide bonds. The first kappa shape index (κ1) is 19.3. The summed E-state index contributed by atoms with van der Waals surface area (Å²) >= 11 is 5.72. The number of halogens is 2. The number of methoxy groups -OCH3 is 1. The summed E-state index contributed by atoms with van der Waals surface area (Å²) in [6.45, 7) is 0. The molecule has 0 aliphatic carbocycles. The minimum Gasteiger partial charge on any atom is -0.465 e. The van der Waals surface area contributed by atoms with Gasteiger partial charge in [0.1, 0.15) is 11.5 Å². The first-order chi connectivity index (χ1) is 13.5. The van der Waals surface area contributed by atoms with Gasteiger partial charge in [-0.3, -0.25) is 9.78 Å². The van der Waals surface area contributed by atoms with Crippen molar-refractivity contribution in [3.05, 3.63) is 82.9 Å². The highest BCUT2D eigenvalue weighted by Crippen LogP contribution is 2.21. The van der Waals surface area contributed by atoms with Crippen molar-refractivity contribution in [2.75, 3.05) is 17.7 Å². The Hall–Kier alpha value is -3.45. The maximum absolute atomic E-state index is 13.2. The number of esters is 1. The molecule has 8 heteroatoms. The molecule has 1 heterocycles. The van der Waals surface area contributed by atoms with Crippen LogP contribution in [-0.4, -0.2) is 24.0 Å². The molecule has 142 valence electrons. The number of carbonyl (C=O) groups is 2. The first-order valence-corrected chi connectivity index (χ1v) is 8.52. The summed E-state index contributed by atoms with van der Waals surface area (Å²) in [5.74, 6) is -1.45. The molecule has 2 N–H and O–H groups in total. The van der Waals surface area contributed by atoms with E-state index < -0.39 is 17.7 Å². The number of ether oxygens (including phenoxy) is 1. The van der Waals surface area contributed by atoms with Crippen molar-refractivity contribution in [2.45, 2.75) is 0 Å². The molecule has 28 heavy (non-hydrogen) atoms. The lowest BCUT2D eigenvalue weighted by Crippen LogP contribution is -2.13. The summed E-state index contributed by atoms with van der Waals surface area (Å²) in [7, 11) is 1.32. The Morgan fingerprint density at radius 3 is 2.39 bits per heavy atom. The first-order valence-electron chi connectivity index (χ1n) is 8.14. The zero-order valence-corrected chi connectivity index (χ0v) is 15.5. The molecule has 0 saturated carbocycles. The van der Waals surface area contributed by atoms with Gasteiger partial charge in [0.05, 0.1) is 17.7 Å². The molecule has 0 fully saturated rings. The van der Waals surface area contributed by atoms with Gasteiger partial charge in [0.15, 0.2) is 0 Å². The predicted octanol–water partition coefficient (Wildman–Crippen LogP) is 4.66. The van der Waals surface area contributed by atoms with Gasteiger partial charge in [0.2, 0.25) is 0 Å². The Labute approximate surface area is 165 Å². The van der Waals surface area contributed by atoms with Gasteiger partial charge in [0, 0.05) is 23.3 Å². The highest BCUT2D eigenvalue weighted by atomic mass is 35.5. The summed E-state index contributed by atoms with van der Waals surface area (Å²) < 4.78 is 17.9. The third kappa shape index (κ3) is 4.63. The van der Waals surface area contributed by atoms with Crippen molar-refractivity contribution in [3.63, 3.8) is 0 Å².